The van der Waals surface area contributed by atoms with Crippen LogP contribution in [0.5, 0.6) is 0 Å². The molecule has 4 aromatic rings. The van der Waals surface area contributed by atoms with Gasteiger partial charge >= 0.3 is 12.1 Å². The maximum absolute atomic E-state index is 15.8. The molecule has 0 radical (unpaired) electrons. The first kappa shape index (κ1) is 95.4. The highest BCUT2D eigenvalue weighted by molar-refractivity contribution is 6.13. The minimum Gasteiger partial charge on any atom is -0.460 e. The molecule has 1 unspecified atom stereocenters. The Kier molecular flexibility index (Phi) is 32.5. The molecule has 664 valence electrons. The number of cyclic esters (lactones) is 1. The fourth-order valence-corrected chi connectivity index (χ4v) is 14.2. The first-order valence-corrected chi connectivity index (χ1v) is 40.1. The SMILES string of the molecule is CC[C@H]1C(=O)OCc2c1cc1n(c2=O)Cc2c-1nc1cc(F)c(C)c3c1c2[C@@H](NC(=O)OCc1c(CN(C)C(=O)CN(C)C(=O)CN(C)C(=O)CN(C)C(=O)CN(C)C(=O)CN(C)C(=O)CN(C)C(=O)CN(C)C(=O)CN(C)C(=O)CN(C)C(=O)CN(C)C(C)=O)cccc1NC(=O)CNC(=O)C(NC(=O)CCCCCN1C(=O)C=CC1=O)C(C)C)CC3. The van der Waals surface area contributed by atoms with Gasteiger partial charge in [-0.05, 0) is 84.9 Å². The lowest BCUT2D eigenvalue weighted by atomic mass is 9.81. The van der Waals surface area contributed by atoms with Crippen LogP contribution in [0.3, 0.4) is 0 Å². The Bertz CT molecular complexity index is 4970. The molecule has 3 atom stereocenters. The van der Waals surface area contributed by atoms with Crippen molar-refractivity contribution in [2.45, 2.75) is 124 Å². The zero-order chi connectivity index (χ0) is 91.0. The molecule has 2 aromatic carbocycles. The van der Waals surface area contributed by atoms with Gasteiger partial charge in [0.2, 0.25) is 82.7 Å². The summed E-state index contributed by atoms with van der Waals surface area (Å²) < 4.78 is 28.8. The number of likely N-dealkylation sites (N-methyl/N-ethyl adjacent to an activating group) is 11. The molecule has 4 aliphatic rings. The zero-order valence-corrected chi connectivity index (χ0v) is 72.3. The van der Waals surface area contributed by atoms with Gasteiger partial charge in [-0.3, -0.25) is 91.2 Å². The summed E-state index contributed by atoms with van der Waals surface area (Å²) in [7, 11) is 14.7. The number of imide groups is 1. The molecular formula is C83H109FN18O21. The summed E-state index contributed by atoms with van der Waals surface area (Å²) in [5.74, 6) is -11.7. The molecule has 123 heavy (non-hydrogen) atoms. The van der Waals surface area contributed by atoms with Gasteiger partial charge in [-0.1, -0.05) is 39.3 Å². The largest absolute Gasteiger partial charge is 0.460 e. The van der Waals surface area contributed by atoms with Gasteiger partial charge < -0.3 is 89.2 Å². The third-order valence-electron chi connectivity index (χ3n) is 22.2. The van der Waals surface area contributed by atoms with Crippen molar-refractivity contribution in [2.24, 2.45) is 5.92 Å². The van der Waals surface area contributed by atoms with Crippen LogP contribution in [0.2, 0.25) is 0 Å². The number of unbranched alkanes of at least 4 members (excludes halogenated alkanes) is 2. The van der Waals surface area contributed by atoms with Gasteiger partial charge in [0.05, 0.1) is 113 Å². The number of alkyl carbamates (subject to hydrolysis) is 1. The van der Waals surface area contributed by atoms with E-state index in [1.807, 2.05) is 0 Å². The first-order valence-electron chi connectivity index (χ1n) is 40.1. The van der Waals surface area contributed by atoms with Crippen molar-refractivity contribution in [1.82, 2.24) is 84.3 Å². The van der Waals surface area contributed by atoms with Crippen molar-refractivity contribution in [3.8, 4) is 11.4 Å². The lowest BCUT2D eigenvalue weighted by Gasteiger charge is -2.29. The molecule has 0 saturated heterocycles. The third kappa shape index (κ3) is 24.0. The van der Waals surface area contributed by atoms with Gasteiger partial charge in [0.1, 0.15) is 25.1 Å². The van der Waals surface area contributed by atoms with Crippen LogP contribution in [0, 0.1) is 18.7 Å². The molecule has 0 bridgehead atoms. The fraction of sp³-hybridized carbons (Fsp3) is 0.518. The van der Waals surface area contributed by atoms with Crippen LogP contribution in [-0.2, 0) is 124 Å². The van der Waals surface area contributed by atoms with E-state index in [-0.39, 0.29) is 80.4 Å². The quantitative estimate of drug-likeness (QED) is 0.0221. The summed E-state index contributed by atoms with van der Waals surface area (Å²) in [5, 5.41) is 11.7. The van der Waals surface area contributed by atoms with Crippen LogP contribution in [0.1, 0.15) is 123 Å². The molecule has 8 rings (SSSR count). The van der Waals surface area contributed by atoms with E-state index in [9.17, 15) is 91.1 Å². The summed E-state index contributed by atoms with van der Waals surface area (Å²) in [6, 6.07) is 5.84. The molecule has 2 aromatic heterocycles. The van der Waals surface area contributed by atoms with Crippen LogP contribution in [0.4, 0.5) is 14.9 Å². The average Bonchev–Trinajstić information content (AvgIpc) is 1.58. The summed E-state index contributed by atoms with van der Waals surface area (Å²) in [6.45, 7) is 1.92. The van der Waals surface area contributed by atoms with Gasteiger partial charge in [0.25, 0.3) is 17.4 Å². The number of esters is 1. The predicted octanol–water partition coefficient (Wildman–Crippen LogP) is -0.420. The topological polar surface area (TPSA) is 448 Å². The van der Waals surface area contributed by atoms with Crippen molar-refractivity contribution in [2.75, 3.05) is 161 Å². The van der Waals surface area contributed by atoms with E-state index in [2.05, 4.69) is 21.3 Å². The fourth-order valence-electron chi connectivity index (χ4n) is 14.2. The highest BCUT2D eigenvalue weighted by Gasteiger charge is 2.40. The maximum Gasteiger partial charge on any atom is 0.407 e. The number of carbonyl (C=O) groups is 18. The number of nitrogens with zero attached hydrogens (tertiary/aromatic N) is 14. The molecule has 17 amide bonds. The van der Waals surface area contributed by atoms with Crippen LogP contribution in [0.25, 0.3) is 22.3 Å². The Balaban J connectivity index is 0.867. The molecule has 39 nitrogen and oxygen atoms in total. The minimum atomic E-state index is -1.07. The van der Waals surface area contributed by atoms with E-state index in [0.29, 0.717) is 87.8 Å². The Labute approximate surface area is 710 Å². The first-order chi connectivity index (χ1) is 57.9. The second kappa shape index (κ2) is 41.9. The number of anilines is 1. The van der Waals surface area contributed by atoms with Crippen LogP contribution in [-0.4, -0.2) is 337 Å². The number of nitrogens with one attached hydrogen (secondary N) is 4. The Hall–Kier alpha value is -13.1. The van der Waals surface area contributed by atoms with E-state index in [4.69, 9.17) is 14.5 Å². The zero-order valence-electron chi connectivity index (χ0n) is 72.3. The highest BCUT2D eigenvalue weighted by atomic mass is 19.1. The van der Waals surface area contributed by atoms with E-state index < -0.39 is 196 Å². The second-order valence-corrected chi connectivity index (χ2v) is 31.8. The van der Waals surface area contributed by atoms with Gasteiger partial charge in [-0.25, -0.2) is 14.2 Å². The number of aromatic nitrogens is 2. The van der Waals surface area contributed by atoms with Crippen molar-refractivity contribution >= 4 is 123 Å². The molecule has 0 saturated carbocycles. The lowest BCUT2D eigenvalue weighted by Crippen LogP contribution is -2.51. The molecule has 4 N–H and O–H groups in total. The number of aryl methyl sites for hydroxylation is 1. The molecule has 0 fully saturated rings. The molecule has 1 aliphatic carbocycles. The highest BCUT2D eigenvalue weighted by Crippen LogP contribution is 2.46. The van der Waals surface area contributed by atoms with Crippen LogP contribution >= 0.6 is 0 Å². The Morgan fingerprint density at radius 2 is 1.08 bits per heavy atom. The summed E-state index contributed by atoms with van der Waals surface area (Å²) in [4.78, 5) is 269. The van der Waals surface area contributed by atoms with Crippen LogP contribution in [0.15, 0.2) is 47.3 Å². The van der Waals surface area contributed by atoms with Gasteiger partial charge in [-0.2, -0.15) is 0 Å². The average molecular weight is 1710 g/mol. The molecule has 5 heterocycles. The van der Waals surface area contributed by atoms with Gasteiger partial charge in [0.15, 0.2) is 0 Å². The summed E-state index contributed by atoms with van der Waals surface area (Å²) >= 11 is 0. The molecular weight excluding hydrogens is 1600 g/mol. The van der Waals surface area contributed by atoms with E-state index in [0.717, 1.165) is 49.0 Å². The number of rotatable bonds is 38. The number of carbonyl (C=O) groups excluding carboxylic acids is 18. The number of pyridine rings is 2. The minimum absolute atomic E-state index is 0.0219. The Morgan fingerprint density at radius 3 is 1.55 bits per heavy atom. The van der Waals surface area contributed by atoms with Gasteiger partial charge in [0, 0.05) is 144 Å². The van der Waals surface area contributed by atoms with Crippen molar-refractivity contribution in [3.63, 3.8) is 0 Å². The molecule has 40 heteroatoms. The van der Waals surface area contributed by atoms with Crippen molar-refractivity contribution in [3.05, 3.63) is 103 Å². The standard InChI is InChI=1S/C83H109FN18O21/c1-17-51-53-30-61-79-54(34-102(61)81(119)56(53)46-122-82(51)120)77-59(26-25-52-48(4)57(84)31-60(87-79)76(52)77)88-83(121)123-45-55-50(22-21-23-58(55)86-63(105)32-85-80(118)78(47(2)3)89-62(104)24-19-18-20-29-101-64(106)27-28-65(101)107)33-91(7)67(109)36-93(9)69(111)38-95(11)71(113)40-97(13)73(115)42-99(15)75(117)44-100(16)74(116)43-98(14)72(114)41-96(12)70(112)39-94(10)68(110)37-92(8)66(108)35-90(6)49(5)103/h21-23,27-28,30-31,47,51,59,78H,17-20,24-26,29,32-46H2,1-16H3,(H,85,118)(H,86,105)(H,88,121)(H,89,104)/t51-,59+,78?/m1/s1. The number of halogens is 1. The number of benzene rings is 2. The van der Waals surface area contributed by atoms with E-state index in [1.54, 1.807) is 45.9 Å². The number of amides is 17. The molecule has 0 spiro atoms. The smallest absolute Gasteiger partial charge is 0.407 e. The number of hydrogen-bond donors (Lipinski definition) is 4. The van der Waals surface area contributed by atoms with Crippen LogP contribution < -0.4 is 26.8 Å². The monoisotopic (exact) mass is 1710 g/mol. The van der Waals surface area contributed by atoms with E-state index >= 15 is 4.39 Å². The lowest BCUT2D eigenvalue weighted by molar-refractivity contribution is -0.148. The molecule has 3 aliphatic heterocycles. The summed E-state index contributed by atoms with van der Waals surface area (Å²) in [6.07, 6.45) is 3.73. The van der Waals surface area contributed by atoms with Gasteiger partial charge in [-0.15, -0.1) is 0 Å². The maximum atomic E-state index is 15.8. The van der Waals surface area contributed by atoms with Crippen molar-refractivity contribution < 1.29 is 100 Å². The van der Waals surface area contributed by atoms with Crippen molar-refractivity contribution in [1.29, 1.82) is 0 Å². The number of ether oxygens (including phenoxy) is 2. The number of hydrogen-bond acceptors (Lipinski definition) is 22. The Morgan fingerprint density at radius 1 is 0.602 bits per heavy atom. The third-order valence-corrected chi connectivity index (χ3v) is 22.2. The summed E-state index contributed by atoms with van der Waals surface area (Å²) in [5.41, 5.74) is 4.34. The second-order valence-electron chi connectivity index (χ2n) is 31.8. The normalized spacial score (nSPS) is 14.2. The van der Waals surface area contributed by atoms with E-state index in [1.165, 1.54) is 123 Å². The number of fused-ring (bicyclic) bond motifs is 5. The predicted molar refractivity (Wildman–Crippen MR) is 440 cm³/mol.